The van der Waals surface area contributed by atoms with Crippen LogP contribution in [0.4, 0.5) is 0 Å². The maximum atomic E-state index is 4.60. The first kappa shape index (κ1) is 22.6. The third kappa shape index (κ3) is 3.97. The molecule has 0 radical (unpaired) electrons. The topological polar surface area (TPSA) is 0 Å². The standard InChI is InChI=1S/3C9H11.BrH.Sn/c3*1-7-4-8(2)6-9(3)5-7;;/h3*4-5H,1-3H3;1H;/q;;;;+1/p-1. The number of aryl methyl sites for hydroxylation is 9. The second-order valence-corrected chi connectivity index (χ2v) is 25.0. The summed E-state index contributed by atoms with van der Waals surface area (Å²) in [5.41, 5.74) is 12.6. The van der Waals surface area contributed by atoms with Gasteiger partial charge < -0.3 is 0 Å². The second kappa shape index (κ2) is 8.23. The predicted octanol–water partition coefficient (Wildman–Crippen LogP) is 5.82. The van der Waals surface area contributed by atoms with E-state index in [1.165, 1.54) is 50.1 Å². The third-order valence-corrected chi connectivity index (χ3v) is 26.7. The van der Waals surface area contributed by atoms with E-state index in [9.17, 15) is 0 Å². The molecule has 0 spiro atoms. The molecule has 3 aromatic rings. The molecule has 0 atom stereocenters. The van der Waals surface area contributed by atoms with Gasteiger partial charge in [0.2, 0.25) is 0 Å². The zero-order valence-corrected chi connectivity index (χ0v) is 23.8. The van der Waals surface area contributed by atoms with Gasteiger partial charge in [0.1, 0.15) is 0 Å². The Kier molecular flexibility index (Phi) is 6.42. The minimum atomic E-state index is -3.43. The van der Waals surface area contributed by atoms with Crippen LogP contribution in [0, 0.1) is 62.3 Å². The number of halogens is 1. The van der Waals surface area contributed by atoms with Gasteiger partial charge in [-0.1, -0.05) is 0 Å². The Bertz CT molecular complexity index is 899. The van der Waals surface area contributed by atoms with E-state index >= 15 is 0 Å². The Balaban J connectivity index is 2.55. The fourth-order valence-electron chi connectivity index (χ4n) is 5.55. The van der Waals surface area contributed by atoms with Crippen molar-refractivity contribution in [2.45, 2.75) is 62.3 Å². The van der Waals surface area contributed by atoms with Crippen LogP contribution in [-0.2, 0) is 0 Å². The molecule has 0 heterocycles. The summed E-state index contributed by atoms with van der Waals surface area (Å²) in [5.74, 6) is 0. The quantitative estimate of drug-likeness (QED) is 0.357. The molecule has 0 unspecified atom stereocenters. The van der Waals surface area contributed by atoms with Gasteiger partial charge in [0.05, 0.1) is 0 Å². The number of hydrogen-bond donors (Lipinski definition) is 0. The molecule has 2 heteroatoms. The summed E-state index contributed by atoms with van der Waals surface area (Å²) in [7, 11) is 0. The first-order chi connectivity index (χ1) is 13.5. The molecule has 0 aromatic heterocycles. The molecule has 3 rings (SSSR count). The number of hydrogen-bond acceptors (Lipinski definition) is 0. The Morgan fingerprint density at radius 2 is 0.586 bits per heavy atom. The second-order valence-electron chi connectivity index (χ2n) is 8.98. The van der Waals surface area contributed by atoms with Crippen LogP contribution in [0.1, 0.15) is 50.1 Å². The Hall–Kier alpha value is -1.06. The molecule has 0 amide bonds. The van der Waals surface area contributed by atoms with E-state index in [4.69, 9.17) is 0 Å². The van der Waals surface area contributed by atoms with E-state index in [1.807, 2.05) is 0 Å². The third-order valence-electron chi connectivity index (χ3n) is 6.06. The predicted molar refractivity (Wildman–Crippen MR) is 136 cm³/mol. The molecule has 0 aliphatic rings. The van der Waals surface area contributed by atoms with Gasteiger partial charge in [-0.25, -0.2) is 0 Å². The van der Waals surface area contributed by atoms with Crippen LogP contribution in [-0.4, -0.2) is 16.2 Å². The summed E-state index contributed by atoms with van der Waals surface area (Å²) in [6.07, 6.45) is 0. The van der Waals surface area contributed by atoms with E-state index in [-0.39, 0.29) is 0 Å². The van der Waals surface area contributed by atoms with Crippen molar-refractivity contribution in [3.8, 4) is 0 Å². The van der Waals surface area contributed by atoms with Gasteiger partial charge in [0.25, 0.3) is 0 Å². The minimum absolute atomic E-state index is 1.35. The van der Waals surface area contributed by atoms with E-state index in [0.717, 1.165) is 0 Å². The summed E-state index contributed by atoms with van der Waals surface area (Å²) in [4.78, 5) is 0. The van der Waals surface area contributed by atoms with Crippen molar-refractivity contribution < 1.29 is 0 Å². The van der Waals surface area contributed by atoms with Crippen LogP contribution in [0.5, 0.6) is 0 Å². The van der Waals surface area contributed by atoms with Crippen LogP contribution in [0.25, 0.3) is 0 Å². The summed E-state index contributed by atoms with van der Waals surface area (Å²) < 4.78 is 4.74. The van der Waals surface area contributed by atoms with Crippen LogP contribution in [0.2, 0.25) is 0 Å². The van der Waals surface area contributed by atoms with Crippen LogP contribution in [0.3, 0.4) is 0 Å². The molecule has 0 aliphatic heterocycles. The summed E-state index contributed by atoms with van der Waals surface area (Å²) in [6, 6.07) is 14.2. The zero-order valence-electron chi connectivity index (χ0n) is 19.3. The molecule has 3 aromatic carbocycles. The van der Waals surface area contributed by atoms with Crippen LogP contribution < -0.4 is 10.7 Å². The molecule has 0 aliphatic carbocycles. The van der Waals surface area contributed by atoms with E-state index in [1.54, 1.807) is 10.7 Å². The van der Waals surface area contributed by atoms with E-state index < -0.39 is 16.2 Å². The first-order valence-electron chi connectivity index (χ1n) is 10.4. The maximum absolute atomic E-state index is 4.60. The van der Waals surface area contributed by atoms with Gasteiger partial charge in [0.15, 0.2) is 0 Å². The van der Waals surface area contributed by atoms with Gasteiger partial charge in [-0.3, -0.25) is 0 Å². The molecule has 0 nitrogen and oxygen atoms in total. The van der Waals surface area contributed by atoms with Crippen molar-refractivity contribution in [3.63, 3.8) is 0 Å². The summed E-state index contributed by atoms with van der Waals surface area (Å²) in [5, 5.41) is 0. The van der Waals surface area contributed by atoms with Crippen molar-refractivity contribution in [2.75, 3.05) is 0 Å². The molecular weight excluding hydrogens is 523 g/mol. The van der Waals surface area contributed by atoms with Gasteiger partial charge in [0, 0.05) is 0 Å². The average Bonchev–Trinajstić information content (AvgIpc) is 2.51. The van der Waals surface area contributed by atoms with Gasteiger partial charge >= 0.3 is 188 Å². The van der Waals surface area contributed by atoms with Crippen LogP contribution in [0.15, 0.2) is 36.4 Å². The molecule has 0 saturated heterocycles. The fraction of sp³-hybridized carbons (Fsp3) is 0.333. The summed E-state index contributed by atoms with van der Waals surface area (Å²) >= 11 is 1.17. The molecular formula is C27H33BrSn. The molecule has 0 fully saturated rings. The molecule has 0 bridgehead atoms. The Morgan fingerprint density at radius 1 is 0.414 bits per heavy atom. The number of rotatable bonds is 3. The number of benzene rings is 3. The molecule has 0 saturated carbocycles. The zero-order chi connectivity index (χ0) is 21.7. The first-order valence-corrected chi connectivity index (χ1v) is 21.1. The van der Waals surface area contributed by atoms with Crippen molar-refractivity contribution in [3.05, 3.63) is 86.5 Å². The van der Waals surface area contributed by atoms with Gasteiger partial charge in [-0.05, 0) is 0 Å². The summed E-state index contributed by atoms with van der Waals surface area (Å²) in [6.45, 7) is 20.5. The van der Waals surface area contributed by atoms with E-state index in [0.29, 0.717) is 0 Å². The van der Waals surface area contributed by atoms with Crippen molar-refractivity contribution >= 4 is 39.6 Å². The molecule has 29 heavy (non-hydrogen) atoms. The van der Waals surface area contributed by atoms with Gasteiger partial charge in [-0.15, -0.1) is 0 Å². The van der Waals surface area contributed by atoms with Crippen molar-refractivity contribution in [1.82, 2.24) is 0 Å². The Labute approximate surface area is 187 Å². The normalized spacial score (nSPS) is 11.8. The molecule has 152 valence electrons. The average molecular weight is 556 g/mol. The van der Waals surface area contributed by atoms with Crippen molar-refractivity contribution in [1.29, 1.82) is 0 Å². The monoisotopic (exact) mass is 556 g/mol. The van der Waals surface area contributed by atoms with Crippen LogP contribution >= 0.6 is 12.7 Å². The molecule has 0 N–H and O–H groups in total. The van der Waals surface area contributed by atoms with Gasteiger partial charge in [-0.2, -0.15) is 0 Å². The Morgan fingerprint density at radius 3 is 0.759 bits per heavy atom. The van der Waals surface area contributed by atoms with E-state index in [2.05, 4.69) is 111 Å². The fourth-order valence-corrected chi connectivity index (χ4v) is 30.8. The van der Waals surface area contributed by atoms with Crippen molar-refractivity contribution in [2.24, 2.45) is 0 Å². The SMILES string of the molecule is Cc1cc(C)[c]([Sn]([Br])([c]2c(C)cc(C)cc2C)[c]2c(C)cc(C)cc2C)c(C)c1.